The van der Waals surface area contributed by atoms with Crippen LogP contribution in [-0.4, -0.2) is 0 Å². The normalized spacial score (nSPS) is 13.4. The first-order chi connectivity index (χ1) is 29.0. The van der Waals surface area contributed by atoms with Crippen LogP contribution < -0.4 is 0 Å². The molecule has 0 amide bonds. The van der Waals surface area contributed by atoms with E-state index in [1.165, 1.54) is 131 Å². The van der Waals surface area contributed by atoms with Crippen molar-refractivity contribution in [2.45, 2.75) is 19.3 Å². The molecule has 0 N–H and O–H groups in total. The van der Waals surface area contributed by atoms with Gasteiger partial charge in [-0.15, -0.1) is 0 Å². The van der Waals surface area contributed by atoms with Gasteiger partial charge < -0.3 is 0 Å². The summed E-state index contributed by atoms with van der Waals surface area (Å²) in [4.78, 5) is 0. The van der Waals surface area contributed by atoms with Crippen LogP contribution in [0.2, 0.25) is 0 Å². The zero-order valence-corrected chi connectivity index (χ0v) is 33.0. The molecule has 0 atom stereocenters. The molecule has 0 unspecified atom stereocenters. The molecule has 0 spiro atoms. The second kappa shape index (κ2) is 11.9. The van der Waals surface area contributed by atoms with Crippen molar-refractivity contribution >= 4 is 64.6 Å². The minimum Gasteiger partial charge on any atom is -0.0610 e. The fraction of sp³-hybridized carbons (Fsp3) is 0.0508. The summed E-state index contributed by atoms with van der Waals surface area (Å²) in [5.41, 5.74) is 14.8. The van der Waals surface area contributed by atoms with Gasteiger partial charge in [-0.25, -0.2) is 0 Å². The Balaban J connectivity index is 1.12. The summed E-state index contributed by atoms with van der Waals surface area (Å²) >= 11 is 0. The Bertz CT molecular complexity index is 3410. The molecule has 0 fully saturated rings. The van der Waals surface area contributed by atoms with Gasteiger partial charge in [0.1, 0.15) is 0 Å². The van der Waals surface area contributed by atoms with Gasteiger partial charge in [0.25, 0.3) is 0 Å². The largest absolute Gasteiger partial charge is 0.0714 e. The van der Waals surface area contributed by atoms with E-state index in [-0.39, 0.29) is 0 Å². The van der Waals surface area contributed by atoms with Crippen LogP contribution >= 0.6 is 0 Å². The summed E-state index contributed by atoms with van der Waals surface area (Å²) in [6.07, 6.45) is 0. The lowest BCUT2D eigenvalue weighted by molar-refractivity contribution is 0.768. The highest BCUT2D eigenvalue weighted by molar-refractivity contribution is 6.27. The van der Waals surface area contributed by atoms with Gasteiger partial charge in [0.05, 0.1) is 5.41 Å². The predicted octanol–water partition coefficient (Wildman–Crippen LogP) is 15.8. The predicted molar refractivity (Wildman–Crippen MR) is 251 cm³/mol. The zero-order valence-electron chi connectivity index (χ0n) is 33.0. The Morgan fingerprint density at radius 1 is 0.288 bits per heavy atom. The number of hydrogen-bond acceptors (Lipinski definition) is 0. The maximum Gasteiger partial charge on any atom is 0.0714 e. The summed E-state index contributed by atoms with van der Waals surface area (Å²) in [5.74, 6) is 0. The smallest absolute Gasteiger partial charge is 0.0610 e. The molecule has 12 aromatic rings. The van der Waals surface area contributed by atoms with Crippen LogP contribution in [0.4, 0.5) is 0 Å². The maximum absolute atomic E-state index is 2.53. The summed E-state index contributed by atoms with van der Waals surface area (Å²) in [6, 6.07) is 74.3. The number of rotatable bonds is 4. The van der Waals surface area contributed by atoms with Crippen molar-refractivity contribution in [1.82, 2.24) is 0 Å². The molecular formula is C59H38. The number of benzene rings is 12. The fourth-order valence-electron chi connectivity index (χ4n) is 11.1. The van der Waals surface area contributed by atoms with Crippen molar-refractivity contribution in [3.05, 3.63) is 228 Å². The molecule has 1 aliphatic carbocycles. The highest BCUT2D eigenvalue weighted by atomic mass is 14.5. The standard InChI is InChI=1S/C59H38/c1-35-15-25-45(26-16-35)59(46-27-17-36(2)18-28-46)53-33-41(51-31-43-11-3-7-37-19-21-39-9-5-13-49(51)57(39)55(37)43)23-29-47(53)48-30-24-42(34-54(48)59)52-32-44-12-4-8-38-20-22-40-10-6-14-50(52)58(40)56(38)44/h3-34H,1-2H3. The topological polar surface area (TPSA) is 0 Å². The lowest BCUT2D eigenvalue weighted by Crippen LogP contribution is -2.28. The monoisotopic (exact) mass is 746 g/mol. The molecule has 0 heterocycles. The van der Waals surface area contributed by atoms with Gasteiger partial charge in [0, 0.05) is 0 Å². The Morgan fingerprint density at radius 3 is 1.08 bits per heavy atom. The molecule has 0 radical (unpaired) electrons. The maximum atomic E-state index is 2.53. The van der Waals surface area contributed by atoms with Crippen LogP contribution in [0.25, 0.3) is 98.0 Å². The van der Waals surface area contributed by atoms with Gasteiger partial charge in [-0.1, -0.05) is 181 Å². The van der Waals surface area contributed by atoms with E-state index >= 15 is 0 Å². The molecule has 0 saturated heterocycles. The van der Waals surface area contributed by atoms with E-state index < -0.39 is 5.41 Å². The van der Waals surface area contributed by atoms with Crippen molar-refractivity contribution in [2.24, 2.45) is 0 Å². The van der Waals surface area contributed by atoms with E-state index in [0.717, 1.165) is 0 Å². The Morgan fingerprint density at radius 2 is 0.661 bits per heavy atom. The lowest BCUT2D eigenvalue weighted by atomic mass is 9.67. The molecule has 274 valence electrons. The third-order valence-electron chi connectivity index (χ3n) is 13.7. The first-order valence-corrected chi connectivity index (χ1v) is 20.8. The first-order valence-electron chi connectivity index (χ1n) is 20.8. The Labute approximate surface area is 343 Å². The van der Waals surface area contributed by atoms with E-state index in [1.54, 1.807) is 0 Å². The molecule has 0 bridgehead atoms. The fourth-order valence-corrected chi connectivity index (χ4v) is 11.1. The van der Waals surface area contributed by atoms with E-state index in [4.69, 9.17) is 0 Å². The molecule has 0 aliphatic heterocycles. The van der Waals surface area contributed by atoms with Crippen molar-refractivity contribution in [1.29, 1.82) is 0 Å². The van der Waals surface area contributed by atoms with E-state index in [2.05, 4.69) is 208 Å². The average Bonchev–Trinajstić information content (AvgIpc) is 3.57. The quantitative estimate of drug-likeness (QED) is 0.157. The van der Waals surface area contributed by atoms with Gasteiger partial charge in [0.15, 0.2) is 0 Å². The van der Waals surface area contributed by atoms with Crippen molar-refractivity contribution < 1.29 is 0 Å². The molecular weight excluding hydrogens is 709 g/mol. The molecule has 0 nitrogen and oxygen atoms in total. The number of hydrogen-bond donors (Lipinski definition) is 0. The number of aryl methyl sites for hydroxylation is 2. The molecule has 59 heavy (non-hydrogen) atoms. The highest BCUT2D eigenvalue weighted by Crippen LogP contribution is 2.58. The van der Waals surface area contributed by atoms with Gasteiger partial charge in [-0.05, 0) is 158 Å². The van der Waals surface area contributed by atoms with Crippen LogP contribution in [0.5, 0.6) is 0 Å². The number of fused-ring (bicyclic) bond motifs is 3. The zero-order chi connectivity index (χ0) is 39.0. The highest BCUT2D eigenvalue weighted by Gasteiger charge is 2.46. The van der Waals surface area contributed by atoms with Crippen molar-refractivity contribution in [3.63, 3.8) is 0 Å². The third-order valence-corrected chi connectivity index (χ3v) is 13.7. The second-order valence-corrected chi connectivity index (χ2v) is 16.9. The second-order valence-electron chi connectivity index (χ2n) is 16.9. The van der Waals surface area contributed by atoms with Crippen LogP contribution in [0.15, 0.2) is 194 Å². The van der Waals surface area contributed by atoms with Crippen LogP contribution in [0, 0.1) is 13.8 Å². The Kier molecular flexibility index (Phi) is 6.60. The third kappa shape index (κ3) is 4.44. The summed E-state index contributed by atoms with van der Waals surface area (Å²) in [5, 5.41) is 15.7. The van der Waals surface area contributed by atoms with Crippen LogP contribution in [-0.2, 0) is 5.41 Å². The molecule has 13 rings (SSSR count). The molecule has 12 aromatic carbocycles. The molecule has 0 aromatic heterocycles. The van der Waals surface area contributed by atoms with Crippen LogP contribution in [0.3, 0.4) is 0 Å². The van der Waals surface area contributed by atoms with Gasteiger partial charge in [-0.2, -0.15) is 0 Å². The van der Waals surface area contributed by atoms with Gasteiger partial charge in [0.2, 0.25) is 0 Å². The first kappa shape index (κ1) is 32.8. The summed E-state index contributed by atoms with van der Waals surface area (Å²) in [6.45, 7) is 4.39. The van der Waals surface area contributed by atoms with E-state index in [1.807, 2.05) is 0 Å². The van der Waals surface area contributed by atoms with Gasteiger partial charge in [-0.3, -0.25) is 0 Å². The SMILES string of the molecule is Cc1ccc(C2(c3ccc(C)cc3)c3cc(-c4cc5cccc6ccc7cccc4c7c65)ccc3-c3ccc(-c4cc5cccc6ccc7cccc4c7c65)cc32)cc1. The average molecular weight is 747 g/mol. The minimum atomic E-state index is -0.559. The minimum absolute atomic E-state index is 0.559. The van der Waals surface area contributed by atoms with Gasteiger partial charge >= 0.3 is 0 Å². The van der Waals surface area contributed by atoms with Crippen LogP contribution in [0.1, 0.15) is 33.4 Å². The van der Waals surface area contributed by atoms with Crippen molar-refractivity contribution in [3.8, 4) is 33.4 Å². The molecule has 0 saturated carbocycles. The van der Waals surface area contributed by atoms with E-state index in [0.29, 0.717) is 0 Å². The van der Waals surface area contributed by atoms with E-state index in [9.17, 15) is 0 Å². The molecule has 1 aliphatic rings. The summed E-state index contributed by atoms with van der Waals surface area (Å²) < 4.78 is 0. The Hall–Kier alpha value is -7.28. The lowest BCUT2D eigenvalue weighted by Gasteiger charge is -2.34. The molecule has 0 heteroatoms. The summed E-state index contributed by atoms with van der Waals surface area (Å²) in [7, 11) is 0. The van der Waals surface area contributed by atoms with Crippen molar-refractivity contribution in [2.75, 3.05) is 0 Å².